The maximum atomic E-state index is 11.7. The zero-order chi connectivity index (χ0) is 19.6. The molecule has 10 nitrogen and oxygen atoms in total. The van der Waals surface area contributed by atoms with Gasteiger partial charge in [0.1, 0.15) is 11.7 Å². The maximum absolute atomic E-state index is 11.7. The van der Waals surface area contributed by atoms with Crippen LogP contribution in [-0.2, 0) is 11.2 Å². The Bertz CT molecular complexity index is 1040. The number of hydrogen-bond acceptors (Lipinski definition) is 6. The van der Waals surface area contributed by atoms with E-state index in [2.05, 4.69) is 10.3 Å². The molecule has 0 radical (unpaired) electrons. The number of nitro benzene ring substituents is 2. The normalized spacial score (nSPS) is 11.9. The van der Waals surface area contributed by atoms with E-state index in [0.29, 0.717) is 0 Å². The quantitative estimate of drug-likeness (QED) is 0.427. The van der Waals surface area contributed by atoms with Crippen molar-refractivity contribution in [3.8, 4) is 0 Å². The highest BCUT2D eigenvalue weighted by atomic mass is 16.6. The zero-order valence-corrected chi connectivity index (χ0v) is 13.8. The molecule has 3 rings (SSSR count). The lowest BCUT2D eigenvalue weighted by Crippen LogP contribution is -2.31. The molecule has 1 aromatic heterocycles. The number of para-hydroxylation sites is 1. The monoisotopic (exact) mass is 370 g/mol. The second kappa shape index (κ2) is 7.12. The molecule has 1 atom stereocenters. The molecule has 0 unspecified atom stereocenters. The number of nitrogens with one attached hydrogen (secondary N) is 2. The van der Waals surface area contributed by atoms with Crippen molar-refractivity contribution in [2.45, 2.75) is 12.5 Å². The standard InChI is InChI=1S/C17H14N4O6/c22-17(23)15(7-10-9-18-13-4-2-1-3-12(10)13)19-14-6-5-11(20(24)25)8-16(14)21(26)27/h1-6,8-9,15,18-19H,7H2,(H,22,23)/t15-/m0/s1. The van der Waals surface area contributed by atoms with Crippen LogP contribution < -0.4 is 5.32 Å². The summed E-state index contributed by atoms with van der Waals surface area (Å²) in [6, 6.07) is 9.22. The van der Waals surface area contributed by atoms with Crippen LogP contribution in [0, 0.1) is 20.2 Å². The number of aliphatic carboxylic acids is 1. The minimum absolute atomic E-state index is 0.0630. The Hall–Kier alpha value is -3.95. The van der Waals surface area contributed by atoms with Crippen molar-refractivity contribution in [2.75, 3.05) is 5.32 Å². The molecule has 27 heavy (non-hydrogen) atoms. The highest BCUT2D eigenvalue weighted by molar-refractivity contribution is 5.85. The van der Waals surface area contributed by atoms with Gasteiger partial charge in [0.25, 0.3) is 11.4 Å². The zero-order valence-electron chi connectivity index (χ0n) is 13.8. The summed E-state index contributed by atoms with van der Waals surface area (Å²) in [6.45, 7) is 0. The van der Waals surface area contributed by atoms with Crippen LogP contribution >= 0.6 is 0 Å². The van der Waals surface area contributed by atoms with Gasteiger partial charge < -0.3 is 15.4 Å². The van der Waals surface area contributed by atoms with Crippen LogP contribution in [0.25, 0.3) is 10.9 Å². The summed E-state index contributed by atoms with van der Waals surface area (Å²) in [5.74, 6) is -1.20. The lowest BCUT2D eigenvalue weighted by molar-refractivity contribution is -0.393. The van der Waals surface area contributed by atoms with E-state index in [1.165, 1.54) is 0 Å². The molecule has 0 bridgehead atoms. The van der Waals surface area contributed by atoms with Crippen LogP contribution in [-0.4, -0.2) is 31.9 Å². The van der Waals surface area contributed by atoms with Gasteiger partial charge in [0.2, 0.25) is 0 Å². The molecule has 0 aliphatic carbocycles. The van der Waals surface area contributed by atoms with E-state index in [4.69, 9.17) is 0 Å². The Morgan fingerprint density at radius 1 is 1.15 bits per heavy atom. The average Bonchev–Trinajstić information content (AvgIpc) is 3.04. The number of carbonyl (C=O) groups is 1. The molecule has 0 saturated carbocycles. The topological polar surface area (TPSA) is 151 Å². The predicted molar refractivity (Wildman–Crippen MR) is 96.8 cm³/mol. The largest absolute Gasteiger partial charge is 0.480 e. The summed E-state index contributed by atoms with van der Waals surface area (Å²) in [5.41, 5.74) is 0.469. The number of carboxylic acids is 1. The summed E-state index contributed by atoms with van der Waals surface area (Å²) < 4.78 is 0. The van der Waals surface area contributed by atoms with Gasteiger partial charge in [-0.2, -0.15) is 0 Å². The number of nitrogens with zero attached hydrogens (tertiary/aromatic N) is 2. The molecule has 0 aliphatic heterocycles. The van der Waals surface area contributed by atoms with Crippen molar-refractivity contribution >= 4 is 33.9 Å². The highest BCUT2D eigenvalue weighted by Gasteiger charge is 2.25. The molecular weight excluding hydrogens is 356 g/mol. The summed E-state index contributed by atoms with van der Waals surface area (Å²) in [6.07, 6.45) is 1.75. The first-order valence-corrected chi connectivity index (χ1v) is 7.84. The minimum Gasteiger partial charge on any atom is -0.480 e. The second-order valence-electron chi connectivity index (χ2n) is 5.81. The van der Waals surface area contributed by atoms with E-state index in [0.717, 1.165) is 34.7 Å². The van der Waals surface area contributed by atoms with Crippen molar-refractivity contribution in [1.29, 1.82) is 0 Å². The SMILES string of the molecule is O=C(O)[C@H](Cc1c[nH]c2ccccc12)Nc1ccc([N+](=O)[O-])cc1[N+](=O)[O-]. The lowest BCUT2D eigenvalue weighted by Gasteiger charge is -2.15. The predicted octanol–water partition coefficient (Wildman–Crippen LogP) is 3.09. The third-order valence-corrected chi connectivity index (χ3v) is 4.12. The Labute approximate surface area is 151 Å². The fourth-order valence-electron chi connectivity index (χ4n) is 2.81. The van der Waals surface area contributed by atoms with E-state index in [-0.39, 0.29) is 12.1 Å². The van der Waals surface area contributed by atoms with Crippen molar-refractivity contribution < 1.29 is 19.7 Å². The number of aromatic amines is 1. The molecule has 0 fully saturated rings. The van der Waals surface area contributed by atoms with Gasteiger partial charge in [-0.05, 0) is 17.7 Å². The van der Waals surface area contributed by atoms with Gasteiger partial charge in [-0.15, -0.1) is 0 Å². The third-order valence-electron chi connectivity index (χ3n) is 4.12. The maximum Gasteiger partial charge on any atom is 0.326 e. The summed E-state index contributed by atoms with van der Waals surface area (Å²) >= 11 is 0. The van der Waals surface area contributed by atoms with Crippen molar-refractivity contribution in [3.63, 3.8) is 0 Å². The molecule has 10 heteroatoms. The van der Waals surface area contributed by atoms with E-state index >= 15 is 0 Å². The van der Waals surface area contributed by atoms with Crippen molar-refractivity contribution in [2.24, 2.45) is 0 Å². The number of aromatic nitrogens is 1. The van der Waals surface area contributed by atoms with Crippen LogP contribution in [0.3, 0.4) is 0 Å². The smallest absolute Gasteiger partial charge is 0.326 e. The molecule has 3 aromatic rings. The Morgan fingerprint density at radius 3 is 2.56 bits per heavy atom. The fraction of sp³-hybridized carbons (Fsp3) is 0.118. The Morgan fingerprint density at radius 2 is 1.89 bits per heavy atom. The van der Waals surface area contributed by atoms with Crippen molar-refractivity contribution in [3.05, 3.63) is 74.5 Å². The Balaban J connectivity index is 1.92. The molecular formula is C17H14N4O6. The highest BCUT2D eigenvalue weighted by Crippen LogP contribution is 2.30. The van der Waals surface area contributed by atoms with Crippen LogP contribution in [0.5, 0.6) is 0 Å². The third kappa shape index (κ3) is 3.68. The van der Waals surface area contributed by atoms with E-state index in [1.807, 2.05) is 24.3 Å². The molecule has 0 amide bonds. The summed E-state index contributed by atoms with van der Waals surface area (Å²) in [4.78, 5) is 35.2. The first-order chi connectivity index (χ1) is 12.9. The number of H-pyrrole nitrogens is 1. The molecule has 0 aliphatic rings. The van der Waals surface area contributed by atoms with Gasteiger partial charge in [0.05, 0.1) is 15.9 Å². The van der Waals surface area contributed by atoms with Crippen LogP contribution in [0.1, 0.15) is 5.56 Å². The molecule has 2 aromatic carbocycles. The summed E-state index contributed by atoms with van der Waals surface area (Å²) in [7, 11) is 0. The number of non-ortho nitro benzene ring substituents is 1. The van der Waals surface area contributed by atoms with E-state index < -0.39 is 33.2 Å². The number of benzene rings is 2. The Kier molecular flexibility index (Phi) is 4.71. The van der Waals surface area contributed by atoms with Crippen LogP contribution in [0.15, 0.2) is 48.7 Å². The first-order valence-electron chi connectivity index (χ1n) is 7.84. The number of nitro groups is 2. The molecule has 1 heterocycles. The number of anilines is 1. The van der Waals surface area contributed by atoms with E-state index in [9.17, 15) is 30.1 Å². The van der Waals surface area contributed by atoms with Crippen LogP contribution in [0.4, 0.5) is 17.1 Å². The minimum atomic E-state index is -1.20. The van der Waals surface area contributed by atoms with E-state index in [1.54, 1.807) is 6.20 Å². The molecule has 3 N–H and O–H groups in total. The van der Waals surface area contributed by atoms with Gasteiger partial charge in [-0.3, -0.25) is 20.2 Å². The fourth-order valence-corrected chi connectivity index (χ4v) is 2.81. The van der Waals surface area contributed by atoms with Crippen LogP contribution in [0.2, 0.25) is 0 Å². The lowest BCUT2D eigenvalue weighted by atomic mass is 10.0. The molecule has 138 valence electrons. The van der Waals surface area contributed by atoms with Gasteiger partial charge in [-0.25, -0.2) is 4.79 Å². The van der Waals surface area contributed by atoms with Gasteiger partial charge in [-0.1, -0.05) is 18.2 Å². The number of carboxylic acid groups (broad SMARTS) is 1. The van der Waals surface area contributed by atoms with Crippen molar-refractivity contribution in [1.82, 2.24) is 4.98 Å². The first kappa shape index (κ1) is 17.9. The number of fused-ring (bicyclic) bond motifs is 1. The summed E-state index contributed by atoms with van der Waals surface area (Å²) in [5, 5.41) is 35.0. The molecule has 0 spiro atoms. The average molecular weight is 370 g/mol. The van der Waals surface area contributed by atoms with Gasteiger partial charge in [0, 0.05) is 29.6 Å². The number of hydrogen-bond donors (Lipinski definition) is 3. The molecule has 0 saturated heterocycles. The second-order valence-corrected chi connectivity index (χ2v) is 5.81. The van der Waals surface area contributed by atoms with Gasteiger partial charge >= 0.3 is 5.97 Å². The van der Waals surface area contributed by atoms with Gasteiger partial charge in [0.15, 0.2) is 0 Å². The number of rotatable bonds is 7.